The van der Waals surface area contributed by atoms with Crippen LogP contribution in [0.4, 0.5) is 5.95 Å². The predicted octanol–water partition coefficient (Wildman–Crippen LogP) is 4.21. The van der Waals surface area contributed by atoms with Gasteiger partial charge in [0.25, 0.3) is 0 Å². The number of fused-ring (bicyclic) bond motifs is 1. The molecule has 26 heavy (non-hydrogen) atoms. The molecule has 4 rings (SSSR count). The molecule has 0 amide bonds. The van der Waals surface area contributed by atoms with Crippen LogP contribution in [-0.4, -0.2) is 26.8 Å². The Morgan fingerprint density at radius 1 is 1.23 bits per heavy atom. The Bertz CT molecular complexity index is 837. The first-order chi connectivity index (χ1) is 12.6. The van der Waals surface area contributed by atoms with Crippen molar-refractivity contribution in [2.75, 3.05) is 5.32 Å². The van der Waals surface area contributed by atoms with Gasteiger partial charge in [0.15, 0.2) is 0 Å². The monoisotopic (exact) mass is 416 g/mol. The van der Waals surface area contributed by atoms with Gasteiger partial charge in [-0.05, 0) is 50.3 Å². The standard InChI is InChI=1S/C19H21BrN4O2/c1-12-16(18(25)26-15-5-3-2-4-6-15)17(13-7-9-14(20)10-8-13)24-19(23-12)21-11-22-24/h7-11,15,17H,2-6H2,1H3,(H,21,22,23). The van der Waals surface area contributed by atoms with E-state index >= 15 is 0 Å². The summed E-state index contributed by atoms with van der Waals surface area (Å²) in [6.45, 7) is 1.89. The lowest BCUT2D eigenvalue weighted by Gasteiger charge is -2.30. The number of esters is 1. The van der Waals surface area contributed by atoms with E-state index in [1.807, 2.05) is 31.2 Å². The van der Waals surface area contributed by atoms with E-state index in [4.69, 9.17) is 4.74 Å². The first kappa shape index (κ1) is 17.3. The molecule has 0 radical (unpaired) electrons. The van der Waals surface area contributed by atoms with Crippen molar-refractivity contribution in [1.29, 1.82) is 0 Å². The molecule has 1 fully saturated rings. The number of hydrogen-bond acceptors (Lipinski definition) is 5. The average molecular weight is 417 g/mol. The number of nitrogens with zero attached hydrogens (tertiary/aromatic N) is 3. The van der Waals surface area contributed by atoms with Crippen molar-refractivity contribution in [2.45, 2.75) is 51.2 Å². The summed E-state index contributed by atoms with van der Waals surface area (Å²) in [5, 5.41) is 7.52. The molecular weight excluding hydrogens is 396 g/mol. The maximum absolute atomic E-state index is 13.1. The minimum absolute atomic E-state index is 0.0132. The van der Waals surface area contributed by atoms with Crippen molar-refractivity contribution in [2.24, 2.45) is 0 Å². The van der Waals surface area contributed by atoms with Crippen LogP contribution in [-0.2, 0) is 9.53 Å². The Labute approximate surface area is 160 Å². The van der Waals surface area contributed by atoms with Crippen LogP contribution >= 0.6 is 15.9 Å². The molecule has 1 aliphatic heterocycles. The number of rotatable bonds is 3. The van der Waals surface area contributed by atoms with Crippen LogP contribution in [0.1, 0.15) is 50.6 Å². The largest absolute Gasteiger partial charge is 0.459 e. The number of anilines is 1. The van der Waals surface area contributed by atoms with Gasteiger partial charge in [-0.3, -0.25) is 0 Å². The molecule has 1 saturated carbocycles. The second-order valence-corrected chi connectivity index (χ2v) is 7.73. The van der Waals surface area contributed by atoms with Crippen molar-refractivity contribution >= 4 is 27.8 Å². The minimum Gasteiger partial charge on any atom is -0.459 e. The molecule has 2 heterocycles. The summed E-state index contributed by atoms with van der Waals surface area (Å²) < 4.78 is 8.59. The van der Waals surface area contributed by atoms with Crippen molar-refractivity contribution in [1.82, 2.24) is 14.8 Å². The van der Waals surface area contributed by atoms with Gasteiger partial charge in [0.2, 0.25) is 5.95 Å². The van der Waals surface area contributed by atoms with E-state index in [9.17, 15) is 4.79 Å². The summed E-state index contributed by atoms with van der Waals surface area (Å²) in [6.07, 6.45) is 6.87. The zero-order chi connectivity index (χ0) is 18.1. The number of allylic oxidation sites excluding steroid dienone is 1. The first-order valence-electron chi connectivity index (χ1n) is 8.97. The maximum Gasteiger partial charge on any atom is 0.338 e. The molecule has 1 aliphatic carbocycles. The number of nitrogens with one attached hydrogen (secondary N) is 1. The molecule has 1 aromatic carbocycles. The fourth-order valence-corrected chi connectivity index (χ4v) is 3.97. The summed E-state index contributed by atoms with van der Waals surface area (Å²) in [4.78, 5) is 17.3. The molecule has 1 aromatic heterocycles. The van der Waals surface area contributed by atoms with Gasteiger partial charge in [0, 0.05) is 10.2 Å². The van der Waals surface area contributed by atoms with Crippen LogP contribution < -0.4 is 5.32 Å². The highest BCUT2D eigenvalue weighted by molar-refractivity contribution is 9.10. The van der Waals surface area contributed by atoms with Crippen LogP contribution in [0.3, 0.4) is 0 Å². The Morgan fingerprint density at radius 3 is 2.69 bits per heavy atom. The van der Waals surface area contributed by atoms with E-state index in [0.717, 1.165) is 41.4 Å². The number of carbonyl (C=O) groups is 1. The second-order valence-electron chi connectivity index (χ2n) is 6.81. The molecule has 1 atom stereocenters. The van der Waals surface area contributed by atoms with Gasteiger partial charge in [-0.2, -0.15) is 10.1 Å². The van der Waals surface area contributed by atoms with Gasteiger partial charge in [-0.15, -0.1) is 0 Å². The van der Waals surface area contributed by atoms with Crippen LogP contribution in [0.25, 0.3) is 0 Å². The molecule has 0 spiro atoms. The molecule has 1 N–H and O–H groups in total. The third kappa shape index (κ3) is 3.28. The lowest BCUT2D eigenvalue weighted by atomic mass is 9.95. The summed E-state index contributed by atoms with van der Waals surface area (Å²) in [7, 11) is 0. The summed E-state index contributed by atoms with van der Waals surface area (Å²) in [5.74, 6) is 0.362. The van der Waals surface area contributed by atoms with Crippen molar-refractivity contribution in [3.8, 4) is 0 Å². The zero-order valence-electron chi connectivity index (χ0n) is 14.6. The third-order valence-electron chi connectivity index (χ3n) is 5.03. The normalized spacial score (nSPS) is 20.5. The smallest absolute Gasteiger partial charge is 0.338 e. The molecule has 2 aliphatic rings. The van der Waals surface area contributed by atoms with E-state index in [2.05, 4.69) is 31.3 Å². The first-order valence-corrected chi connectivity index (χ1v) is 9.76. The van der Waals surface area contributed by atoms with Gasteiger partial charge >= 0.3 is 5.97 Å². The maximum atomic E-state index is 13.1. The Morgan fingerprint density at radius 2 is 1.96 bits per heavy atom. The van der Waals surface area contributed by atoms with Gasteiger partial charge in [0.1, 0.15) is 18.5 Å². The van der Waals surface area contributed by atoms with E-state index in [1.165, 1.54) is 12.7 Å². The number of ether oxygens (including phenoxy) is 1. The lowest BCUT2D eigenvalue weighted by Crippen LogP contribution is -2.32. The quantitative estimate of drug-likeness (QED) is 0.758. The van der Waals surface area contributed by atoms with Gasteiger partial charge < -0.3 is 10.1 Å². The van der Waals surface area contributed by atoms with Crippen molar-refractivity contribution < 1.29 is 9.53 Å². The third-order valence-corrected chi connectivity index (χ3v) is 5.55. The molecule has 2 aromatic rings. The van der Waals surface area contributed by atoms with Crippen LogP contribution in [0.5, 0.6) is 0 Å². The van der Waals surface area contributed by atoms with Crippen LogP contribution in [0.15, 0.2) is 46.3 Å². The van der Waals surface area contributed by atoms with E-state index < -0.39 is 0 Å². The molecule has 1 unspecified atom stereocenters. The van der Waals surface area contributed by atoms with E-state index in [1.54, 1.807) is 4.68 Å². The summed E-state index contributed by atoms with van der Waals surface area (Å²) in [5.41, 5.74) is 2.33. The van der Waals surface area contributed by atoms with Gasteiger partial charge in [-0.25, -0.2) is 9.48 Å². The van der Waals surface area contributed by atoms with Gasteiger partial charge in [-0.1, -0.05) is 34.5 Å². The molecule has 136 valence electrons. The number of benzene rings is 1. The summed E-state index contributed by atoms with van der Waals surface area (Å²) >= 11 is 3.46. The molecular formula is C19H21BrN4O2. The van der Waals surface area contributed by atoms with E-state index in [-0.39, 0.29) is 18.1 Å². The Hall–Kier alpha value is -2.15. The zero-order valence-corrected chi connectivity index (χ0v) is 16.2. The molecule has 6 nitrogen and oxygen atoms in total. The number of carbonyl (C=O) groups excluding carboxylic acids is 1. The van der Waals surface area contributed by atoms with Crippen molar-refractivity contribution in [3.63, 3.8) is 0 Å². The highest BCUT2D eigenvalue weighted by Crippen LogP contribution is 2.36. The molecule has 0 bridgehead atoms. The fraction of sp³-hybridized carbons (Fsp3) is 0.421. The second kappa shape index (κ2) is 7.23. The van der Waals surface area contributed by atoms with Gasteiger partial charge in [0.05, 0.1) is 5.57 Å². The SMILES string of the molecule is CC1=C(C(=O)OC2CCCCC2)C(c2ccc(Br)cc2)n2ncnc2N1. The fourth-order valence-electron chi connectivity index (χ4n) is 3.71. The topological polar surface area (TPSA) is 69.0 Å². The van der Waals surface area contributed by atoms with E-state index in [0.29, 0.717) is 11.5 Å². The number of halogens is 1. The average Bonchev–Trinajstić information content (AvgIpc) is 3.10. The molecule has 0 saturated heterocycles. The minimum atomic E-state index is -0.349. The predicted molar refractivity (Wildman–Crippen MR) is 102 cm³/mol. The number of aromatic nitrogens is 3. The highest BCUT2D eigenvalue weighted by atomic mass is 79.9. The highest BCUT2D eigenvalue weighted by Gasteiger charge is 2.35. The van der Waals surface area contributed by atoms with Crippen LogP contribution in [0.2, 0.25) is 0 Å². The van der Waals surface area contributed by atoms with Crippen LogP contribution in [0, 0.1) is 0 Å². The Balaban J connectivity index is 1.69. The summed E-state index contributed by atoms with van der Waals surface area (Å²) in [6, 6.07) is 7.57. The molecule has 7 heteroatoms. The lowest BCUT2D eigenvalue weighted by molar-refractivity contribution is -0.146. The van der Waals surface area contributed by atoms with Crippen molar-refractivity contribution in [3.05, 3.63) is 51.9 Å². The Kier molecular flexibility index (Phi) is 4.80. The number of hydrogen-bond donors (Lipinski definition) is 1.